The van der Waals surface area contributed by atoms with Crippen molar-refractivity contribution in [2.75, 3.05) is 26.4 Å². The van der Waals surface area contributed by atoms with Crippen LogP contribution in [0.4, 0.5) is 17.6 Å². The van der Waals surface area contributed by atoms with E-state index in [4.69, 9.17) is 5.73 Å². The predicted molar refractivity (Wildman–Crippen MR) is 96.8 cm³/mol. The van der Waals surface area contributed by atoms with E-state index >= 15 is 0 Å². The number of nitrogens with one attached hydrogen (secondary N) is 2. The zero-order valence-electron chi connectivity index (χ0n) is 15.6. The summed E-state index contributed by atoms with van der Waals surface area (Å²) in [6, 6.07) is -0.733. The number of allylic oxidation sites excluding steroid dienone is 1. The summed E-state index contributed by atoms with van der Waals surface area (Å²) in [5.41, 5.74) is 5.34. The topological polar surface area (TPSA) is 118 Å². The van der Waals surface area contributed by atoms with Crippen LogP contribution in [-0.4, -0.2) is 67.5 Å². The lowest BCUT2D eigenvalue weighted by Gasteiger charge is -2.34. The Labute approximate surface area is 164 Å². The second-order valence-corrected chi connectivity index (χ2v) is 8.87. The molecular formula is C15H21F4N7O2S. The van der Waals surface area contributed by atoms with E-state index in [0.29, 0.717) is 6.21 Å². The van der Waals surface area contributed by atoms with Gasteiger partial charge >= 0.3 is 6.18 Å². The molecule has 0 aromatic carbocycles. The monoisotopic (exact) mass is 439 g/mol. The van der Waals surface area contributed by atoms with Crippen LogP contribution in [0.25, 0.3) is 0 Å². The first-order valence-corrected chi connectivity index (χ1v) is 10.5. The number of hydrogen-bond acceptors (Lipinski definition) is 7. The van der Waals surface area contributed by atoms with Crippen LogP contribution in [0.1, 0.15) is 18.0 Å². The van der Waals surface area contributed by atoms with Gasteiger partial charge in [-0.1, -0.05) is 0 Å². The van der Waals surface area contributed by atoms with Crippen LogP contribution in [-0.2, 0) is 15.8 Å². The molecular weight excluding hydrogens is 418 g/mol. The van der Waals surface area contributed by atoms with E-state index < -0.39 is 39.8 Å². The van der Waals surface area contributed by atoms with Crippen LogP contribution in [0, 0.1) is 0 Å². The molecule has 14 heteroatoms. The van der Waals surface area contributed by atoms with Crippen molar-refractivity contribution in [2.24, 2.45) is 10.7 Å². The molecule has 0 amide bonds. The molecule has 3 heterocycles. The van der Waals surface area contributed by atoms with Gasteiger partial charge in [0, 0.05) is 32.5 Å². The van der Waals surface area contributed by atoms with Crippen molar-refractivity contribution in [1.29, 1.82) is 0 Å². The minimum Gasteiger partial charge on any atom is -0.374 e. The van der Waals surface area contributed by atoms with Crippen LogP contribution in [0.5, 0.6) is 0 Å². The molecule has 0 bridgehead atoms. The summed E-state index contributed by atoms with van der Waals surface area (Å²) in [4.78, 5) is 3.79. The maximum atomic E-state index is 14.6. The van der Waals surface area contributed by atoms with E-state index in [1.54, 1.807) is 0 Å². The second-order valence-electron chi connectivity index (χ2n) is 6.89. The number of halogens is 4. The molecule has 29 heavy (non-hydrogen) atoms. The molecule has 3 atom stereocenters. The van der Waals surface area contributed by atoms with Gasteiger partial charge in [-0.2, -0.15) is 22.6 Å². The zero-order chi connectivity index (χ0) is 21.6. The number of aliphatic imine (C=N–C) groups is 1. The average molecular weight is 439 g/mol. The van der Waals surface area contributed by atoms with E-state index in [1.807, 2.05) is 0 Å². The van der Waals surface area contributed by atoms with Gasteiger partial charge in [-0.3, -0.25) is 10.4 Å². The fraction of sp³-hybridized carbons (Fsp3) is 0.600. The Kier molecular flexibility index (Phi) is 5.38. The van der Waals surface area contributed by atoms with E-state index in [2.05, 4.69) is 20.7 Å². The molecule has 2 aliphatic heterocycles. The molecule has 1 aromatic rings. The molecule has 0 radical (unpaired) electrons. The molecule has 0 aliphatic carbocycles. The normalized spacial score (nSPS) is 29.1. The van der Waals surface area contributed by atoms with E-state index in [0.717, 1.165) is 10.6 Å². The fourth-order valence-corrected chi connectivity index (χ4v) is 4.11. The molecule has 162 valence electrons. The SMILES string of the molecule is CNC1=C(C(F)(F)F)C=NC(N)(c2cnn([C@@H]3CCN(S(C)(=O)=O)C[C@H]3F)c2)N1. The summed E-state index contributed by atoms with van der Waals surface area (Å²) in [6.07, 6.45) is -1.64. The highest BCUT2D eigenvalue weighted by atomic mass is 32.2. The number of nitrogens with zero attached hydrogens (tertiary/aromatic N) is 4. The molecule has 9 nitrogen and oxygen atoms in total. The Balaban J connectivity index is 1.81. The lowest BCUT2D eigenvalue weighted by molar-refractivity contribution is -0.0875. The summed E-state index contributed by atoms with van der Waals surface area (Å²) in [6.45, 7) is -0.171. The molecule has 0 spiro atoms. The molecule has 1 saturated heterocycles. The Morgan fingerprint density at radius 1 is 1.41 bits per heavy atom. The minimum atomic E-state index is -4.63. The molecule has 2 aliphatic rings. The van der Waals surface area contributed by atoms with Crippen molar-refractivity contribution in [3.8, 4) is 0 Å². The first-order chi connectivity index (χ1) is 13.3. The van der Waals surface area contributed by atoms with Gasteiger partial charge in [-0.15, -0.1) is 0 Å². The highest BCUT2D eigenvalue weighted by Gasteiger charge is 2.42. The average Bonchev–Trinajstić information content (AvgIpc) is 3.10. The van der Waals surface area contributed by atoms with E-state index in [1.165, 1.54) is 24.1 Å². The number of aromatic nitrogens is 2. The number of nitrogens with two attached hydrogens (primary N) is 1. The molecule has 3 rings (SSSR count). The van der Waals surface area contributed by atoms with Gasteiger partial charge in [0.25, 0.3) is 0 Å². The third-order valence-corrected chi connectivity index (χ3v) is 6.13. The van der Waals surface area contributed by atoms with Crippen LogP contribution in [0.15, 0.2) is 28.8 Å². The molecule has 0 saturated carbocycles. The summed E-state index contributed by atoms with van der Waals surface area (Å²) in [5, 5.41) is 8.98. The zero-order valence-corrected chi connectivity index (χ0v) is 16.4. The number of piperidine rings is 1. The largest absolute Gasteiger partial charge is 0.421 e. The third-order valence-electron chi connectivity index (χ3n) is 4.86. The van der Waals surface area contributed by atoms with Gasteiger partial charge in [0.05, 0.1) is 24.1 Å². The Morgan fingerprint density at radius 3 is 2.66 bits per heavy atom. The van der Waals surface area contributed by atoms with Crippen LogP contribution in [0.3, 0.4) is 0 Å². The van der Waals surface area contributed by atoms with Gasteiger partial charge in [0.15, 0.2) is 0 Å². The number of alkyl halides is 4. The van der Waals surface area contributed by atoms with Crippen molar-refractivity contribution in [3.63, 3.8) is 0 Å². The second kappa shape index (κ2) is 7.25. The first-order valence-electron chi connectivity index (χ1n) is 8.60. The summed E-state index contributed by atoms with van der Waals surface area (Å²) < 4.78 is 79.3. The Bertz CT molecular complexity index is 943. The molecule has 1 aromatic heterocycles. The lowest BCUT2D eigenvalue weighted by Crippen LogP contribution is -2.53. The summed E-state index contributed by atoms with van der Waals surface area (Å²) in [5.74, 6) is -2.09. The highest BCUT2D eigenvalue weighted by Crippen LogP contribution is 2.32. The van der Waals surface area contributed by atoms with Crippen molar-refractivity contribution in [3.05, 3.63) is 29.4 Å². The van der Waals surface area contributed by atoms with Crippen molar-refractivity contribution < 1.29 is 26.0 Å². The minimum absolute atomic E-state index is 0.130. The Morgan fingerprint density at radius 2 is 2.10 bits per heavy atom. The maximum Gasteiger partial charge on any atom is 0.421 e. The van der Waals surface area contributed by atoms with Crippen LogP contribution in [0.2, 0.25) is 0 Å². The van der Waals surface area contributed by atoms with Gasteiger partial charge in [0.1, 0.15) is 17.6 Å². The Hall–Kier alpha value is -2.19. The quantitative estimate of drug-likeness (QED) is 0.576. The molecule has 1 fully saturated rings. The van der Waals surface area contributed by atoms with Gasteiger partial charge in [-0.25, -0.2) is 17.8 Å². The summed E-state index contributed by atoms with van der Waals surface area (Å²) in [7, 11) is -2.20. The van der Waals surface area contributed by atoms with Crippen molar-refractivity contribution in [2.45, 2.75) is 30.6 Å². The number of sulfonamides is 1. The smallest absolute Gasteiger partial charge is 0.374 e. The predicted octanol–water partition coefficient (Wildman–Crippen LogP) is 0.164. The van der Waals surface area contributed by atoms with Gasteiger partial charge in [0.2, 0.25) is 15.8 Å². The maximum absolute atomic E-state index is 14.6. The van der Waals surface area contributed by atoms with Gasteiger partial charge in [-0.05, 0) is 6.42 Å². The number of hydrogen-bond donors (Lipinski definition) is 3. The van der Waals surface area contributed by atoms with Gasteiger partial charge < -0.3 is 10.6 Å². The number of rotatable bonds is 4. The fourth-order valence-electron chi connectivity index (χ4n) is 3.26. The van der Waals surface area contributed by atoms with Crippen molar-refractivity contribution >= 4 is 16.2 Å². The third kappa shape index (κ3) is 4.23. The van der Waals surface area contributed by atoms with Crippen LogP contribution >= 0.6 is 0 Å². The molecule has 1 unspecified atom stereocenters. The van der Waals surface area contributed by atoms with E-state index in [-0.39, 0.29) is 30.9 Å². The van der Waals surface area contributed by atoms with Crippen LogP contribution < -0.4 is 16.4 Å². The highest BCUT2D eigenvalue weighted by molar-refractivity contribution is 7.88. The summed E-state index contributed by atoms with van der Waals surface area (Å²) >= 11 is 0. The first kappa shape index (κ1) is 21.5. The van der Waals surface area contributed by atoms with Crippen molar-refractivity contribution in [1.82, 2.24) is 24.7 Å². The standard InChI is InChI=1S/C15H21F4N7O2S/c1-21-13-10(14(17,18)19)6-22-15(20,24-13)9-5-23-26(7-9)12-3-4-25(8-11(12)16)29(2,27)28/h5-7,11-12,21,24H,3-4,8,20H2,1-2H3/t11-,12-,15?/m1/s1. The lowest BCUT2D eigenvalue weighted by atomic mass is 10.1. The van der Waals surface area contributed by atoms with E-state index in [9.17, 15) is 26.0 Å². The molecule has 4 N–H and O–H groups in total.